The van der Waals surface area contributed by atoms with Gasteiger partial charge >= 0.3 is 0 Å². The van der Waals surface area contributed by atoms with Crippen LogP contribution in [0, 0.1) is 5.92 Å². The Hall–Kier alpha value is -1.06. The highest BCUT2D eigenvalue weighted by atomic mass is 16.5. The minimum atomic E-state index is 0.243. The zero-order valence-corrected chi connectivity index (χ0v) is 11.1. The van der Waals surface area contributed by atoms with Gasteiger partial charge in [0.2, 0.25) is 0 Å². The lowest BCUT2D eigenvalue weighted by molar-refractivity contribution is 0.231. The molecule has 0 radical (unpaired) electrons. The quantitative estimate of drug-likeness (QED) is 0.840. The van der Waals surface area contributed by atoms with Gasteiger partial charge in [0, 0.05) is 6.61 Å². The maximum absolute atomic E-state index is 9.34. The van der Waals surface area contributed by atoms with Crippen molar-refractivity contribution in [3.8, 4) is 5.75 Å². The van der Waals surface area contributed by atoms with Crippen molar-refractivity contribution in [1.29, 1.82) is 0 Å². The second-order valence-corrected chi connectivity index (χ2v) is 4.95. The molecule has 1 aliphatic heterocycles. The molecule has 2 rings (SSSR count). The molecule has 1 fully saturated rings. The third kappa shape index (κ3) is 3.03. The van der Waals surface area contributed by atoms with Crippen LogP contribution in [0.25, 0.3) is 0 Å². The molecule has 18 heavy (non-hydrogen) atoms. The zero-order chi connectivity index (χ0) is 12.8. The van der Waals surface area contributed by atoms with Crippen LogP contribution in [0.4, 0.5) is 0 Å². The van der Waals surface area contributed by atoms with Gasteiger partial charge in [-0.25, -0.2) is 0 Å². The maximum atomic E-state index is 9.34. The van der Waals surface area contributed by atoms with Gasteiger partial charge in [-0.1, -0.05) is 18.2 Å². The summed E-state index contributed by atoms with van der Waals surface area (Å²) in [6, 6.07) is 8.21. The third-order valence-electron chi connectivity index (χ3n) is 3.93. The lowest BCUT2D eigenvalue weighted by Crippen LogP contribution is -2.31. The van der Waals surface area contributed by atoms with Gasteiger partial charge < -0.3 is 15.2 Å². The standard InChI is InChI=1S/C15H23NO2/c1-18-15-5-3-2-4-14(15)13(8-11-17)12-6-9-16-10-7-12/h2-5,12-13,16-17H,6-11H2,1H3. The van der Waals surface area contributed by atoms with E-state index in [1.54, 1.807) is 7.11 Å². The number of piperidine rings is 1. The number of nitrogens with one attached hydrogen (secondary N) is 1. The first-order valence-corrected chi connectivity index (χ1v) is 6.81. The van der Waals surface area contributed by atoms with Gasteiger partial charge in [0.15, 0.2) is 0 Å². The van der Waals surface area contributed by atoms with Crippen LogP contribution in [0.2, 0.25) is 0 Å². The molecule has 1 heterocycles. The van der Waals surface area contributed by atoms with Crippen LogP contribution in [0.5, 0.6) is 5.75 Å². The average molecular weight is 249 g/mol. The van der Waals surface area contributed by atoms with Crippen LogP contribution in [-0.4, -0.2) is 31.9 Å². The summed E-state index contributed by atoms with van der Waals surface area (Å²) in [6.07, 6.45) is 3.19. The van der Waals surface area contributed by atoms with Crippen LogP contribution in [0.15, 0.2) is 24.3 Å². The molecule has 0 amide bonds. The normalized spacial score (nSPS) is 18.6. The molecule has 1 atom stereocenters. The highest BCUT2D eigenvalue weighted by Crippen LogP contribution is 2.38. The molecule has 0 aromatic heterocycles. The fourth-order valence-electron chi connectivity index (χ4n) is 3.00. The number of hydrogen-bond donors (Lipinski definition) is 2. The molecule has 1 aromatic carbocycles. The van der Waals surface area contributed by atoms with Gasteiger partial charge in [-0.05, 0) is 55.8 Å². The predicted octanol–water partition coefficient (Wildman–Crippen LogP) is 2.16. The molecule has 1 unspecified atom stereocenters. The van der Waals surface area contributed by atoms with E-state index in [0.29, 0.717) is 11.8 Å². The monoisotopic (exact) mass is 249 g/mol. The predicted molar refractivity (Wildman–Crippen MR) is 73.0 cm³/mol. The SMILES string of the molecule is COc1ccccc1C(CCO)C1CCNCC1. The molecule has 0 spiro atoms. The third-order valence-corrected chi connectivity index (χ3v) is 3.93. The Labute approximate surface area is 109 Å². The van der Waals surface area contributed by atoms with E-state index in [-0.39, 0.29) is 6.61 Å². The Bertz CT molecular complexity index is 361. The van der Waals surface area contributed by atoms with E-state index in [4.69, 9.17) is 4.74 Å². The van der Waals surface area contributed by atoms with Gasteiger partial charge in [0.1, 0.15) is 5.75 Å². The minimum absolute atomic E-state index is 0.243. The molecule has 1 aromatic rings. The number of rotatable bonds is 5. The second-order valence-electron chi connectivity index (χ2n) is 4.95. The molecular weight excluding hydrogens is 226 g/mol. The minimum Gasteiger partial charge on any atom is -0.496 e. The molecule has 0 bridgehead atoms. The van der Waals surface area contributed by atoms with Crippen molar-refractivity contribution in [3.05, 3.63) is 29.8 Å². The fraction of sp³-hybridized carbons (Fsp3) is 0.600. The number of aliphatic hydroxyl groups excluding tert-OH is 1. The maximum Gasteiger partial charge on any atom is 0.122 e. The number of methoxy groups -OCH3 is 1. The van der Waals surface area contributed by atoms with Crippen molar-refractivity contribution in [3.63, 3.8) is 0 Å². The largest absolute Gasteiger partial charge is 0.496 e. The van der Waals surface area contributed by atoms with E-state index in [9.17, 15) is 5.11 Å². The van der Waals surface area contributed by atoms with Crippen molar-refractivity contribution in [2.75, 3.05) is 26.8 Å². The number of benzene rings is 1. The van der Waals surface area contributed by atoms with Gasteiger partial charge in [-0.2, -0.15) is 0 Å². The molecule has 0 saturated carbocycles. The van der Waals surface area contributed by atoms with Gasteiger partial charge in [0.05, 0.1) is 7.11 Å². The molecular formula is C15H23NO2. The van der Waals surface area contributed by atoms with Crippen LogP contribution in [0.1, 0.15) is 30.7 Å². The molecule has 1 saturated heterocycles. The van der Waals surface area contributed by atoms with Gasteiger partial charge in [-0.15, -0.1) is 0 Å². The summed E-state index contributed by atoms with van der Waals surface area (Å²) in [5.74, 6) is 2.01. The number of ether oxygens (including phenoxy) is 1. The highest BCUT2D eigenvalue weighted by molar-refractivity contribution is 5.36. The van der Waals surface area contributed by atoms with E-state index in [1.165, 1.54) is 18.4 Å². The summed E-state index contributed by atoms with van der Waals surface area (Å²) in [4.78, 5) is 0. The Kier molecular flexibility index (Phi) is 5.02. The first-order valence-electron chi connectivity index (χ1n) is 6.81. The number of para-hydroxylation sites is 1. The van der Waals surface area contributed by atoms with Crippen LogP contribution >= 0.6 is 0 Å². The van der Waals surface area contributed by atoms with Crippen molar-refractivity contribution >= 4 is 0 Å². The summed E-state index contributed by atoms with van der Waals surface area (Å²) in [6.45, 7) is 2.41. The summed E-state index contributed by atoms with van der Waals surface area (Å²) < 4.78 is 5.47. The van der Waals surface area contributed by atoms with Gasteiger partial charge in [0.25, 0.3) is 0 Å². The zero-order valence-electron chi connectivity index (χ0n) is 11.1. The van der Waals surface area contributed by atoms with E-state index < -0.39 is 0 Å². The first kappa shape index (κ1) is 13.4. The van der Waals surface area contributed by atoms with E-state index in [2.05, 4.69) is 17.4 Å². The summed E-state index contributed by atoms with van der Waals surface area (Å²) in [5, 5.41) is 12.7. The Morgan fingerprint density at radius 1 is 1.33 bits per heavy atom. The van der Waals surface area contributed by atoms with Crippen molar-refractivity contribution in [1.82, 2.24) is 5.32 Å². The van der Waals surface area contributed by atoms with Crippen molar-refractivity contribution in [2.45, 2.75) is 25.2 Å². The molecule has 1 aliphatic rings. The Morgan fingerprint density at radius 2 is 2.06 bits per heavy atom. The van der Waals surface area contributed by atoms with Crippen LogP contribution < -0.4 is 10.1 Å². The lowest BCUT2D eigenvalue weighted by Gasteiger charge is -2.31. The smallest absolute Gasteiger partial charge is 0.122 e. The first-order chi connectivity index (χ1) is 8.86. The number of aliphatic hydroxyl groups is 1. The summed E-state index contributed by atoms with van der Waals surface area (Å²) in [7, 11) is 1.72. The molecule has 2 N–H and O–H groups in total. The second kappa shape index (κ2) is 6.76. The summed E-state index contributed by atoms with van der Waals surface area (Å²) in [5.41, 5.74) is 1.25. The molecule has 3 heteroatoms. The van der Waals surface area contributed by atoms with Crippen molar-refractivity contribution < 1.29 is 9.84 Å². The molecule has 0 aliphatic carbocycles. The topological polar surface area (TPSA) is 41.5 Å². The van der Waals surface area contributed by atoms with Gasteiger partial charge in [-0.3, -0.25) is 0 Å². The average Bonchev–Trinajstić information content (AvgIpc) is 2.46. The summed E-state index contributed by atoms with van der Waals surface area (Å²) >= 11 is 0. The van der Waals surface area contributed by atoms with Crippen LogP contribution in [-0.2, 0) is 0 Å². The fourth-order valence-corrected chi connectivity index (χ4v) is 3.00. The van der Waals surface area contributed by atoms with E-state index in [1.807, 2.05) is 12.1 Å². The Morgan fingerprint density at radius 3 is 2.72 bits per heavy atom. The van der Waals surface area contributed by atoms with Crippen LogP contribution in [0.3, 0.4) is 0 Å². The lowest BCUT2D eigenvalue weighted by atomic mass is 9.78. The van der Waals surface area contributed by atoms with Crippen molar-refractivity contribution in [2.24, 2.45) is 5.92 Å². The van der Waals surface area contributed by atoms with E-state index in [0.717, 1.165) is 25.3 Å². The van der Waals surface area contributed by atoms with E-state index >= 15 is 0 Å². The molecule has 100 valence electrons. The Balaban J connectivity index is 2.22. The number of hydrogen-bond acceptors (Lipinski definition) is 3. The highest BCUT2D eigenvalue weighted by Gasteiger charge is 2.26. The molecule has 3 nitrogen and oxygen atoms in total.